The molecule has 7 nitrogen and oxygen atoms in total. The summed E-state index contributed by atoms with van der Waals surface area (Å²) in [5, 5.41) is 0.977. The first-order valence-corrected chi connectivity index (χ1v) is 9.42. The number of hydrogen-bond donors (Lipinski definition) is 1. The summed E-state index contributed by atoms with van der Waals surface area (Å²) >= 11 is 1.66. The van der Waals surface area contributed by atoms with Crippen molar-refractivity contribution in [3.8, 4) is 0 Å². The fourth-order valence-corrected chi connectivity index (χ4v) is 4.20. The molecule has 0 aliphatic carbocycles. The van der Waals surface area contributed by atoms with Gasteiger partial charge in [-0.2, -0.15) is 0 Å². The van der Waals surface area contributed by atoms with Gasteiger partial charge in [0.1, 0.15) is 16.5 Å². The summed E-state index contributed by atoms with van der Waals surface area (Å²) in [5.41, 5.74) is 7.37. The van der Waals surface area contributed by atoms with Crippen molar-refractivity contribution >= 4 is 33.5 Å². The molecular formula is C17H25N5O2S. The Kier molecular flexibility index (Phi) is 5.10. The van der Waals surface area contributed by atoms with Gasteiger partial charge >= 0.3 is 6.09 Å². The molecule has 1 saturated heterocycles. The van der Waals surface area contributed by atoms with Gasteiger partial charge < -0.3 is 15.4 Å². The molecule has 1 fully saturated rings. The molecule has 8 heteroatoms. The molecule has 3 heterocycles. The van der Waals surface area contributed by atoms with Gasteiger partial charge in [0.05, 0.1) is 18.0 Å². The predicted octanol–water partition coefficient (Wildman–Crippen LogP) is 2.73. The van der Waals surface area contributed by atoms with Crippen molar-refractivity contribution in [1.82, 2.24) is 19.8 Å². The monoisotopic (exact) mass is 363 g/mol. The summed E-state index contributed by atoms with van der Waals surface area (Å²) in [6, 6.07) is 0.0544. The van der Waals surface area contributed by atoms with E-state index in [0.717, 1.165) is 29.1 Å². The van der Waals surface area contributed by atoms with Crippen LogP contribution in [0.25, 0.3) is 10.2 Å². The van der Waals surface area contributed by atoms with Gasteiger partial charge in [-0.15, -0.1) is 11.3 Å². The van der Waals surface area contributed by atoms with Crippen LogP contribution in [0, 0.1) is 13.8 Å². The van der Waals surface area contributed by atoms with Crippen LogP contribution in [0.5, 0.6) is 0 Å². The second-order valence-corrected chi connectivity index (χ2v) is 7.53. The first kappa shape index (κ1) is 17.9. The van der Waals surface area contributed by atoms with E-state index in [9.17, 15) is 4.79 Å². The summed E-state index contributed by atoms with van der Waals surface area (Å²) in [7, 11) is 0. The zero-order valence-corrected chi connectivity index (χ0v) is 16.0. The lowest BCUT2D eigenvalue weighted by Gasteiger charge is -2.36. The first-order chi connectivity index (χ1) is 11.9. The molecule has 2 N–H and O–H groups in total. The van der Waals surface area contributed by atoms with Crippen LogP contribution in [0.3, 0.4) is 0 Å². The Hall–Kier alpha value is -1.93. The Morgan fingerprint density at radius 1 is 1.28 bits per heavy atom. The van der Waals surface area contributed by atoms with Crippen LogP contribution in [0.4, 0.5) is 10.6 Å². The van der Waals surface area contributed by atoms with Crippen LogP contribution in [-0.2, 0) is 4.74 Å². The number of anilines is 1. The highest BCUT2D eigenvalue weighted by molar-refractivity contribution is 7.18. The van der Waals surface area contributed by atoms with Gasteiger partial charge in [0.15, 0.2) is 0 Å². The summed E-state index contributed by atoms with van der Waals surface area (Å²) < 4.78 is 5.07. The minimum absolute atomic E-state index is 0.0544. The van der Waals surface area contributed by atoms with E-state index in [1.807, 2.05) is 6.92 Å². The number of nitrogens with zero attached hydrogens (tertiary/aromatic N) is 4. The van der Waals surface area contributed by atoms with Crippen LogP contribution in [-0.4, -0.2) is 58.6 Å². The maximum atomic E-state index is 11.8. The normalized spacial score (nSPS) is 17.0. The Labute approximate surface area is 151 Å². The van der Waals surface area contributed by atoms with Gasteiger partial charge in [0, 0.05) is 31.1 Å². The quantitative estimate of drug-likeness (QED) is 0.902. The third kappa shape index (κ3) is 3.41. The fraction of sp³-hybridized carbons (Fsp3) is 0.588. The molecular weight excluding hydrogens is 338 g/mol. The SMILES string of the molecule is CCOC(=O)N1CCN(C(C)c2nc(N)c3c(C)c(C)sc3n2)CC1. The lowest BCUT2D eigenvalue weighted by Crippen LogP contribution is -2.49. The average molecular weight is 363 g/mol. The molecule has 1 aliphatic heterocycles. The highest BCUT2D eigenvalue weighted by atomic mass is 32.1. The summed E-state index contributed by atoms with van der Waals surface area (Å²) in [5.74, 6) is 1.30. The van der Waals surface area contributed by atoms with Gasteiger partial charge in [0.2, 0.25) is 0 Å². The largest absolute Gasteiger partial charge is 0.450 e. The number of nitrogens with two attached hydrogens (primary N) is 1. The number of carbonyl (C=O) groups is 1. The number of rotatable bonds is 3. The van der Waals surface area contributed by atoms with E-state index in [-0.39, 0.29) is 12.1 Å². The Balaban J connectivity index is 1.75. The molecule has 2 aromatic heterocycles. The van der Waals surface area contributed by atoms with E-state index in [0.29, 0.717) is 25.5 Å². The summed E-state index contributed by atoms with van der Waals surface area (Å²) in [4.78, 5) is 27.3. The second-order valence-electron chi connectivity index (χ2n) is 6.33. The highest BCUT2D eigenvalue weighted by Gasteiger charge is 2.27. The smallest absolute Gasteiger partial charge is 0.409 e. The number of ether oxygens (including phenoxy) is 1. The van der Waals surface area contributed by atoms with Crippen molar-refractivity contribution in [3.63, 3.8) is 0 Å². The van der Waals surface area contributed by atoms with Crippen molar-refractivity contribution in [2.45, 2.75) is 33.7 Å². The van der Waals surface area contributed by atoms with E-state index in [1.54, 1.807) is 16.2 Å². The van der Waals surface area contributed by atoms with Crippen LogP contribution < -0.4 is 5.73 Å². The van der Waals surface area contributed by atoms with E-state index < -0.39 is 0 Å². The zero-order chi connectivity index (χ0) is 18.1. The Bertz CT molecular complexity index is 783. The molecule has 136 valence electrons. The number of aromatic nitrogens is 2. The number of nitrogen functional groups attached to an aromatic ring is 1. The van der Waals surface area contributed by atoms with E-state index in [4.69, 9.17) is 15.5 Å². The van der Waals surface area contributed by atoms with Gasteiger partial charge in [-0.25, -0.2) is 14.8 Å². The van der Waals surface area contributed by atoms with Gasteiger partial charge in [-0.1, -0.05) is 0 Å². The molecule has 2 aromatic rings. The number of piperazine rings is 1. The van der Waals surface area contributed by atoms with Crippen molar-refractivity contribution in [2.24, 2.45) is 0 Å². The minimum Gasteiger partial charge on any atom is -0.450 e. The maximum Gasteiger partial charge on any atom is 0.409 e. The van der Waals surface area contributed by atoms with E-state index in [2.05, 4.69) is 30.7 Å². The van der Waals surface area contributed by atoms with Crippen molar-refractivity contribution in [3.05, 3.63) is 16.3 Å². The topological polar surface area (TPSA) is 84.6 Å². The first-order valence-electron chi connectivity index (χ1n) is 8.61. The standard InChI is InChI=1S/C17H25N5O2S/c1-5-24-17(23)22-8-6-21(7-9-22)11(3)15-19-14(18)13-10(2)12(4)25-16(13)20-15/h11H,5-9H2,1-4H3,(H2,18,19,20). The Morgan fingerprint density at radius 2 is 1.96 bits per heavy atom. The lowest BCUT2D eigenvalue weighted by atomic mass is 10.2. The molecule has 1 unspecified atom stereocenters. The van der Waals surface area contributed by atoms with E-state index >= 15 is 0 Å². The van der Waals surface area contributed by atoms with Crippen molar-refractivity contribution < 1.29 is 9.53 Å². The Morgan fingerprint density at radius 3 is 2.60 bits per heavy atom. The van der Waals surface area contributed by atoms with E-state index in [1.165, 1.54) is 10.4 Å². The zero-order valence-electron chi connectivity index (χ0n) is 15.2. The fourth-order valence-electron chi connectivity index (χ4n) is 3.15. The number of fused-ring (bicyclic) bond motifs is 1. The number of amides is 1. The van der Waals surface area contributed by atoms with Gasteiger partial charge in [-0.05, 0) is 33.3 Å². The molecule has 1 amide bonds. The number of aryl methyl sites for hydroxylation is 2. The predicted molar refractivity (Wildman–Crippen MR) is 99.9 cm³/mol. The maximum absolute atomic E-state index is 11.8. The highest BCUT2D eigenvalue weighted by Crippen LogP contribution is 2.33. The summed E-state index contributed by atoms with van der Waals surface area (Å²) in [6.07, 6.45) is -0.235. The molecule has 0 aromatic carbocycles. The molecule has 0 saturated carbocycles. The average Bonchev–Trinajstić information content (AvgIpc) is 2.89. The van der Waals surface area contributed by atoms with Crippen LogP contribution >= 0.6 is 11.3 Å². The van der Waals surface area contributed by atoms with Crippen LogP contribution in [0.15, 0.2) is 0 Å². The molecule has 3 rings (SSSR count). The third-order valence-corrected chi connectivity index (χ3v) is 5.94. The minimum atomic E-state index is -0.235. The van der Waals surface area contributed by atoms with Crippen molar-refractivity contribution in [2.75, 3.05) is 38.5 Å². The summed E-state index contributed by atoms with van der Waals surface area (Å²) in [6.45, 7) is 11.3. The number of hydrogen-bond acceptors (Lipinski definition) is 7. The second kappa shape index (κ2) is 7.13. The molecule has 25 heavy (non-hydrogen) atoms. The van der Waals surface area contributed by atoms with Crippen LogP contribution in [0.1, 0.15) is 36.2 Å². The number of thiophene rings is 1. The molecule has 0 spiro atoms. The third-order valence-electron chi connectivity index (χ3n) is 4.84. The molecule has 0 bridgehead atoms. The molecule has 0 radical (unpaired) electrons. The molecule has 1 aliphatic rings. The number of carbonyl (C=O) groups excluding carboxylic acids is 1. The van der Waals surface area contributed by atoms with Gasteiger partial charge in [0.25, 0.3) is 0 Å². The van der Waals surface area contributed by atoms with Crippen molar-refractivity contribution in [1.29, 1.82) is 0 Å². The lowest BCUT2D eigenvalue weighted by molar-refractivity contribution is 0.0674. The molecule has 1 atom stereocenters. The van der Waals surface area contributed by atoms with Gasteiger partial charge in [-0.3, -0.25) is 4.90 Å². The van der Waals surface area contributed by atoms with Crippen LogP contribution in [0.2, 0.25) is 0 Å².